The van der Waals surface area contributed by atoms with Gasteiger partial charge in [-0.3, -0.25) is 4.99 Å². The summed E-state index contributed by atoms with van der Waals surface area (Å²) in [4.78, 5) is 4.71. The van der Waals surface area contributed by atoms with E-state index in [-0.39, 0.29) is 48.4 Å². The van der Waals surface area contributed by atoms with E-state index in [9.17, 15) is 13.9 Å². The monoisotopic (exact) mass is 511 g/mol. The molecule has 0 atom stereocenters. The Bertz CT molecular complexity index is 606. The minimum Gasteiger partial charge on any atom is -0.489 e. The van der Waals surface area contributed by atoms with Gasteiger partial charge < -0.3 is 20.5 Å². The van der Waals surface area contributed by atoms with Crippen LogP contribution < -0.4 is 15.4 Å². The van der Waals surface area contributed by atoms with Crippen molar-refractivity contribution in [2.24, 2.45) is 10.4 Å². The molecule has 1 aliphatic carbocycles. The summed E-state index contributed by atoms with van der Waals surface area (Å²) in [5, 5.41) is 15.8. The molecule has 0 aromatic heterocycles. The maximum Gasteiger partial charge on any atom is 0.191 e. The maximum absolute atomic E-state index is 13.6. The molecule has 1 aromatic carbocycles. The van der Waals surface area contributed by atoms with Crippen LogP contribution in [0.1, 0.15) is 45.4 Å². The van der Waals surface area contributed by atoms with E-state index in [4.69, 9.17) is 9.73 Å². The van der Waals surface area contributed by atoms with Crippen LogP contribution in [0.2, 0.25) is 0 Å². The number of ether oxygens (including phenoxy) is 1. The van der Waals surface area contributed by atoms with E-state index >= 15 is 0 Å². The molecule has 5 nitrogen and oxygen atoms in total. The van der Waals surface area contributed by atoms with Crippen LogP contribution in [-0.2, 0) is 0 Å². The number of nitrogens with one attached hydrogen (secondary N) is 2. The zero-order valence-corrected chi connectivity index (χ0v) is 18.8. The number of hydrogen-bond donors (Lipinski definition) is 3. The highest BCUT2D eigenvalue weighted by Crippen LogP contribution is 2.39. The molecule has 1 aromatic rings. The van der Waals surface area contributed by atoms with Gasteiger partial charge in [0.05, 0.1) is 6.54 Å². The first-order chi connectivity index (χ1) is 13.1. The van der Waals surface area contributed by atoms with Gasteiger partial charge in [-0.25, -0.2) is 8.78 Å². The lowest BCUT2D eigenvalue weighted by Gasteiger charge is -2.35. The summed E-state index contributed by atoms with van der Waals surface area (Å²) in [6, 6.07) is 3.26. The van der Waals surface area contributed by atoms with E-state index in [1.807, 2.05) is 6.92 Å². The Kier molecular flexibility index (Phi) is 11.7. The third-order valence-electron chi connectivity index (χ3n) is 5.02. The number of benzene rings is 1. The largest absolute Gasteiger partial charge is 0.489 e. The van der Waals surface area contributed by atoms with Gasteiger partial charge in [0.1, 0.15) is 12.4 Å². The van der Waals surface area contributed by atoms with Gasteiger partial charge in [-0.15, -0.1) is 24.0 Å². The van der Waals surface area contributed by atoms with Crippen LogP contribution in [-0.4, -0.2) is 43.9 Å². The first-order valence-electron chi connectivity index (χ1n) is 9.79. The molecule has 1 aliphatic rings. The smallest absolute Gasteiger partial charge is 0.191 e. The van der Waals surface area contributed by atoms with Gasteiger partial charge in [0.25, 0.3) is 0 Å². The molecule has 0 amide bonds. The van der Waals surface area contributed by atoms with Crippen LogP contribution in [0, 0.1) is 17.0 Å². The van der Waals surface area contributed by atoms with E-state index < -0.39 is 11.6 Å². The Balaban J connectivity index is 0.00000392. The lowest BCUT2D eigenvalue weighted by Crippen LogP contribution is -2.40. The molecule has 0 unspecified atom stereocenters. The standard InChI is InChI=1S/C20H31F2N3O2.HI/c1-2-23-19(25-15-20(10-12-26)8-4-3-5-9-20)24-11-13-27-18-7-6-16(21)14-17(18)22;/h6-7,14,26H,2-5,8-13,15H2,1H3,(H2,23,24,25);1H. The summed E-state index contributed by atoms with van der Waals surface area (Å²) >= 11 is 0. The second kappa shape index (κ2) is 13.1. The number of aliphatic hydroxyl groups is 1. The van der Waals surface area contributed by atoms with E-state index in [1.165, 1.54) is 31.4 Å². The highest BCUT2D eigenvalue weighted by Gasteiger charge is 2.31. The van der Waals surface area contributed by atoms with E-state index in [1.54, 1.807) is 0 Å². The van der Waals surface area contributed by atoms with Gasteiger partial charge in [0, 0.05) is 25.8 Å². The topological polar surface area (TPSA) is 65.9 Å². The normalized spacial score (nSPS) is 16.2. The van der Waals surface area contributed by atoms with Crippen molar-refractivity contribution in [3.63, 3.8) is 0 Å². The molecule has 160 valence electrons. The highest BCUT2D eigenvalue weighted by atomic mass is 127. The minimum atomic E-state index is -0.709. The summed E-state index contributed by atoms with van der Waals surface area (Å²) in [7, 11) is 0. The molecule has 0 radical (unpaired) electrons. The van der Waals surface area contributed by atoms with Crippen molar-refractivity contribution in [3.8, 4) is 5.75 Å². The number of nitrogens with zero attached hydrogens (tertiary/aromatic N) is 1. The Labute approximate surface area is 183 Å². The quantitative estimate of drug-likeness (QED) is 0.204. The second-order valence-corrected chi connectivity index (χ2v) is 7.08. The lowest BCUT2D eigenvalue weighted by molar-refractivity contribution is 0.137. The van der Waals surface area contributed by atoms with E-state index in [0.29, 0.717) is 19.0 Å². The number of rotatable bonds is 9. The minimum absolute atomic E-state index is 0. The summed E-state index contributed by atoms with van der Waals surface area (Å²) in [5.74, 6) is -0.620. The van der Waals surface area contributed by atoms with Crippen LogP contribution in [0.25, 0.3) is 0 Å². The van der Waals surface area contributed by atoms with Crippen molar-refractivity contribution in [1.82, 2.24) is 10.6 Å². The molecule has 3 N–H and O–H groups in total. The van der Waals surface area contributed by atoms with Crippen LogP contribution >= 0.6 is 24.0 Å². The lowest BCUT2D eigenvalue weighted by atomic mass is 9.72. The zero-order chi connectivity index (χ0) is 19.5. The molecule has 0 aliphatic heterocycles. The first kappa shape index (κ1) is 24.9. The van der Waals surface area contributed by atoms with Gasteiger partial charge in [-0.2, -0.15) is 0 Å². The molecule has 28 heavy (non-hydrogen) atoms. The Morgan fingerprint density at radius 1 is 1.21 bits per heavy atom. The molecule has 1 fully saturated rings. The van der Waals surface area contributed by atoms with Crippen LogP contribution in [0.4, 0.5) is 8.78 Å². The van der Waals surface area contributed by atoms with Crippen LogP contribution in [0.15, 0.2) is 23.2 Å². The van der Waals surface area contributed by atoms with Crippen molar-refractivity contribution in [1.29, 1.82) is 0 Å². The molecule has 2 rings (SSSR count). The van der Waals surface area contributed by atoms with Crippen LogP contribution in [0.3, 0.4) is 0 Å². The summed E-state index contributed by atoms with van der Waals surface area (Å²) in [6.07, 6.45) is 6.62. The van der Waals surface area contributed by atoms with Gasteiger partial charge in [0.15, 0.2) is 17.5 Å². The summed E-state index contributed by atoms with van der Waals surface area (Å²) in [5.41, 5.74) is 0.0864. The molecule has 8 heteroatoms. The average molecular weight is 511 g/mol. The Morgan fingerprint density at radius 2 is 1.96 bits per heavy atom. The van der Waals surface area contributed by atoms with Crippen molar-refractivity contribution in [2.75, 3.05) is 32.8 Å². The fourth-order valence-corrected chi connectivity index (χ4v) is 3.54. The van der Waals surface area contributed by atoms with Gasteiger partial charge in [-0.05, 0) is 43.7 Å². The molecular formula is C20H32F2IN3O2. The average Bonchev–Trinajstić information content (AvgIpc) is 2.65. The van der Waals surface area contributed by atoms with Crippen molar-refractivity contribution >= 4 is 29.9 Å². The third-order valence-corrected chi connectivity index (χ3v) is 5.02. The summed E-state index contributed by atoms with van der Waals surface area (Å²) in [6.45, 7) is 4.26. The number of aliphatic imine (C=N–C) groups is 1. The van der Waals surface area contributed by atoms with Crippen molar-refractivity contribution in [3.05, 3.63) is 29.8 Å². The van der Waals surface area contributed by atoms with Crippen molar-refractivity contribution in [2.45, 2.75) is 45.4 Å². The number of hydrogen-bond acceptors (Lipinski definition) is 3. The third kappa shape index (κ3) is 8.06. The number of guanidine groups is 1. The number of halogens is 3. The second-order valence-electron chi connectivity index (χ2n) is 7.08. The molecule has 0 saturated heterocycles. The Morgan fingerprint density at radius 3 is 2.61 bits per heavy atom. The first-order valence-corrected chi connectivity index (χ1v) is 9.79. The van der Waals surface area contributed by atoms with Gasteiger partial charge in [-0.1, -0.05) is 19.3 Å². The number of aliphatic hydroxyl groups excluding tert-OH is 1. The predicted octanol–water partition coefficient (Wildman–Crippen LogP) is 3.85. The van der Waals surface area contributed by atoms with E-state index in [0.717, 1.165) is 31.9 Å². The highest BCUT2D eigenvalue weighted by molar-refractivity contribution is 14.0. The molecular weight excluding hydrogens is 479 g/mol. The molecule has 0 spiro atoms. The fourth-order valence-electron chi connectivity index (χ4n) is 3.54. The predicted molar refractivity (Wildman–Crippen MR) is 118 cm³/mol. The molecule has 1 saturated carbocycles. The fraction of sp³-hybridized carbons (Fsp3) is 0.650. The van der Waals surface area contributed by atoms with Gasteiger partial charge in [0.2, 0.25) is 0 Å². The van der Waals surface area contributed by atoms with Crippen molar-refractivity contribution < 1.29 is 18.6 Å². The summed E-state index contributed by atoms with van der Waals surface area (Å²) < 4.78 is 31.8. The van der Waals surface area contributed by atoms with E-state index in [2.05, 4.69) is 10.6 Å². The Hall–Kier alpha value is -1.16. The van der Waals surface area contributed by atoms with Gasteiger partial charge >= 0.3 is 0 Å². The zero-order valence-electron chi connectivity index (χ0n) is 16.5. The molecule has 0 heterocycles. The molecule has 0 bridgehead atoms. The van der Waals surface area contributed by atoms with Crippen LogP contribution in [0.5, 0.6) is 5.75 Å². The maximum atomic E-state index is 13.6. The SMILES string of the molecule is CCNC(=NCC1(CCO)CCCCC1)NCCOc1ccc(F)cc1F.I.